The summed E-state index contributed by atoms with van der Waals surface area (Å²) in [6, 6.07) is 0. The molecule has 0 saturated heterocycles. The summed E-state index contributed by atoms with van der Waals surface area (Å²) in [4.78, 5) is 0. The van der Waals surface area contributed by atoms with Gasteiger partial charge in [-0.2, -0.15) is 0 Å². The normalized spacial score (nSPS) is 14.3. The number of rotatable bonds is 10. The average molecular weight is 232 g/mol. The Morgan fingerprint density at radius 2 is 1.71 bits per heavy atom. The Morgan fingerprint density at radius 3 is 2.35 bits per heavy atom. The lowest BCUT2D eigenvalue weighted by Gasteiger charge is -1.99. The SMILES string of the molecule is CCCCCCCCCC/C=C/C1=CC=C[N]1. The second-order valence-electron chi connectivity index (χ2n) is 4.73. The van der Waals surface area contributed by atoms with Crippen LogP contribution in [-0.4, -0.2) is 0 Å². The lowest BCUT2D eigenvalue weighted by atomic mass is 10.1. The molecular formula is C16H26N. The van der Waals surface area contributed by atoms with Crippen molar-refractivity contribution < 1.29 is 0 Å². The molecule has 95 valence electrons. The first kappa shape index (κ1) is 14.1. The van der Waals surface area contributed by atoms with E-state index >= 15 is 0 Å². The van der Waals surface area contributed by atoms with E-state index in [1.54, 1.807) is 0 Å². The molecule has 1 heteroatoms. The highest BCUT2D eigenvalue weighted by atomic mass is 14.9. The molecule has 0 fully saturated rings. The van der Waals surface area contributed by atoms with Crippen LogP contribution in [0.5, 0.6) is 0 Å². The lowest BCUT2D eigenvalue weighted by Crippen LogP contribution is -1.86. The average Bonchev–Trinajstić information content (AvgIpc) is 2.85. The van der Waals surface area contributed by atoms with Gasteiger partial charge in [0, 0.05) is 6.20 Å². The van der Waals surface area contributed by atoms with Crippen LogP contribution < -0.4 is 5.32 Å². The third-order valence-electron chi connectivity index (χ3n) is 3.09. The molecule has 0 saturated carbocycles. The molecule has 1 heterocycles. The molecule has 1 aliphatic rings. The van der Waals surface area contributed by atoms with Crippen LogP contribution in [0.25, 0.3) is 0 Å². The van der Waals surface area contributed by atoms with E-state index in [1.807, 2.05) is 18.4 Å². The molecule has 1 nitrogen and oxygen atoms in total. The minimum atomic E-state index is 1.09. The largest absolute Gasteiger partial charge is 0.257 e. The van der Waals surface area contributed by atoms with Gasteiger partial charge in [-0.3, -0.25) is 5.32 Å². The predicted molar refractivity (Wildman–Crippen MR) is 75.7 cm³/mol. The fourth-order valence-corrected chi connectivity index (χ4v) is 2.01. The lowest BCUT2D eigenvalue weighted by molar-refractivity contribution is 0.577. The van der Waals surface area contributed by atoms with Crippen molar-refractivity contribution in [3.63, 3.8) is 0 Å². The van der Waals surface area contributed by atoms with Crippen molar-refractivity contribution in [3.8, 4) is 0 Å². The Hall–Kier alpha value is -0.980. The van der Waals surface area contributed by atoms with Crippen molar-refractivity contribution in [2.45, 2.75) is 64.7 Å². The fraction of sp³-hybridized carbons (Fsp3) is 0.625. The summed E-state index contributed by atoms with van der Waals surface area (Å²) in [5.41, 5.74) is 1.09. The van der Waals surface area contributed by atoms with Crippen molar-refractivity contribution in [1.82, 2.24) is 5.32 Å². The van der Waals surface area contributed by atoms with E-state index in [1.165, 1.54) is 57.8 Å². The van der Waals surface area contributed by atoms with Crippen molar-refractivity contribution in [3.05, 3.63) is 36.2 Å². The van der Waals surface area contributed by atoms with Crippen LogP contribution in [-0.2, 0) is 0 Å². The Balaban J connectivity index is 1.81. The maximum absolute atomic E-state index is 4.21. The summed E-state index contributed by atoms with van der Waals surface area (Å²) in [5, 5.41) is 4.21. The smallest absolute Gasteiger partial charge is 0.0626 e. The first-order valence-electron chi connectivity index (χ1n) is 7.17. The minimum absolute atomic E-state index is 1.09. The molecule has 0 spiro atoms. The topological polar surface area (TPSA) is 14.1 Å². The number of allylic oxidation sites excluding steroid dienone is 4. The Labute approximate surface area is 107 Å². The standard InChI is InChI=1S/C16H26N/c1-2-3-4-5-6-7-8-9-10-11-13-16-14-12-15-17-16/h11-15H,2-10H2,1H3/b13-11+. The highest BCUT2D eigenvalue weighted by Gasteiger charge is 1.93. The molecule has 0 N–H and O–H groups in total. The molecule has 0 aromatic heterocycles. The van der Waals surface area contributed by atoms with Gasteiger partial charge in [0.05, 0.1) is 5.70 Å². The van der Waals surface area contributed by atoms with Gasteiger partial charge >= 0.3 is 0 Å². The minimum Gasteiger partial charge on any atom is -0.257 e. The summed E-state index contributed by atoms with van der Waals surface area (Å²) in [6.07, 6.45) is 22.6. The number of hydrogen-bond acceptors (Lipinski definition) is 0. The molecule has 0 unspecified atom stereocenters. The molecule has 17 heavy (non-hydrogen) atoms. The first-order valence-corrected chi connectivity index (χ1v) is 7.17. The van der Waals surface area contributed by atoms with Crippen molar-refractivity contribution in [1.29, 1.82) is 0 Å². The zero-order valence-electron chi connectivity index (χ0n) is 11.2. The highest BCUT2D eigenvalue weighted by molar-refractivity contribution is 5.28. The Kier molecular flexibility index (Phi) is 8.44. The van der Waals surface area contributed by atoms with Gasteiger partial charge in [0.15, 0.2) is 0 Å². The maximum atomic E-state index is 4.21. The molecule has 0 bridgehead atoms. The van der Waals surface area contributed by atoms with Crippen LogP contribution in [0.15, 0.2) is 36.2 Å². The van der Waals surface area contributed by atoms with Crippen LogP contribution >= 0.6 is 0 Å². The van der Waals surface area contributed by atoms with Gasteiger partial charge in [0.25, 0.3) is 0 Å². The molecule has 1 radical (unpaired) electrons. The summed E-state index contributed by atoms with van der Waals surface area (Å²) in [7, 11) is 0. The second kappa shape index (κ2) is 10.2. The zero-order valence-corrected chi connectivity index (χ0v) is 11.2. The third-order valence-corrected chi connectivity index (χ3v) is 3.09. The second-order valence-corrected chi connectivity index (χ2v) is 4.73. The number of nitrogens with zero attached hydrogens (tertiary/aromatic N) is 1. The quantitative estimate of drug-likeness (QED) is 0.466. The van der Waals surface area contributed by atoms with Crippen LogP contribution in [0.3, 0.4) is 0 Å². The summed E-state index contributed by atoms with van der Waals surface area (Å²) in [6.45, 7) is 2.27. The summed E-state index contributed by atoms with van der Waals surface area (Å²) >= 11 is 0. The zero-order chi connectivity index (χ0) is 12.2. The van der Waals surface area contributed by atoms with E-state index in [2.05, 4.69) is 24.4 Å². The van der Waals surface area contributed by atoms with Gasteiger partial charge in [-0.1, -0.05) is 57.9 Å². The van der Waals surface area contributed by atoms with E-state index in [4.69, 9.17) is 0 Å². The fourth-order valence-electron chi connectivity index (χ4n) is 2.01. The number of hydrogen-bond donors (Lipinski definition) is 0. The molecule has 0 aliphatic carbocycles. The molecule has 0 atom stereocenters. The Bertz CT molecular complexity index is 261. The molecule has 0 aromatic carbocycles. The first-order chi connectivity index (χ1) is 8.43. The third kappa shape index (κ3) is 7.84. The van der Waals surface area contributed by atoms with E-state index in [9.17, 15) is 0 Å². The van der Waals surface area contributed by atoms with Gasteiger partial charge in [0.1, 0.15) is 0 Å². The van der Waals surface area contributed by atoms with Crippen molar-refractivity contribution in [2.75, 3.05) is 0 Å². The van der Waals surface area contributed by atoms with Gasteiger partial charge < -0.3 is 0 Å². The molecule has 0 amide bonds. The molecular weight excluding hydrogens is 206 g/mol. The highest BCUT2D eigenvalue weighted by Crippen LogP contribution is 2.10. The van der Waals surface area contributed by atoms with E-state index in [0.29, 0.717) is 0 Å². The van der Waals surface area contributed by atoms with Crippen LogP contribution in [0.4, 0.5) is 0 Å². The van der Waals surface area contributed by atoms with Crippen LogP contribution in [0.2, 0.25) is 0 Å². The van der Waals surface area contributed by atoms with E-state index in [-0.39, 0.29) is 0 Å². The molecule has 1 rings (SSSR count). The molecule has 0 aromatic rings. The van der Waals surface area contributed by atoms with Gasteiger partial charge in [-0.25, -0.2) is 0 Å². The van der Waals surface area contributed by atoms with E-state index < -0.39 is 0 Å². The van der Waals surface area contributed by atoms with Crippen molar-refractivity contribution in [2.24, 2.45) is 0 Å². The maximum Gasteiger partial charge on any atom is 0.0626 e. The Morgan fingerprint density at radius 1 is 1.00 bits per heavy atom. The summed E-state index contributed by atoms with van der Waals surface area (Å²) < 4.78 is 0. The van der Waals surface area contributed by atoms with Crippen LogP contribution in [0.1, 0.15) is 64.7 Å². The van der Waals surface area contributed by atoms with Gasteiger partial charge in [-0.05, 0) is 31.1 Å². The monoisotopic (exact) mass is 232 g/mol. The van der Waals surface area contributed by atoms with E-state index in [0.717, 1.165) is 5.70 Å². The van der Waals surface area contributed by atoms with Crippen molar-refractivity contribution >= 4 is 0 Å². The summed E-state index contributed by atoms with van der Waals surface area (Å²) in [5.74, 6) is 0. The van der Waals surface area contributed by atoms with Crippen LogP contribution in [0, 0.1) is 0 Å². The number of unbranched alkanes of at least 4 members (excludes halogenated alkanes) is 8. The predicted octanol–water partition coefficient (Wildman–Crippen LogP) is 5.09. The van der Waals surface area contributed by atoms with Gasteiger partial charge in [-0.15, -0.1) is 0 Å². The molecule has 1 aliphatic heterocycles. The van der Waals surface area contributed by atoms with Gasteiger partial charge in [0.2, 0.25) is 0 Å².